The van der Waals surface area contributed by atoms with Gasteiger partial charge in [-0.15, -0.1) is 0 Å². The van der Waals surface area contributed by atoms with Crippen molar-refractivity contribution in [3.63, 3.8) is 0 Å². The molecule has 2 amide bonds. The van der Waals surface area contributed by atoms with E-state index in [1.807, 2.05) is 20.8 Å². The largest absolute Gasteiger partial charge is 0.444 e. The summed E-state index contributed by atoms with van der Waals surface area (Å²) in [4.78, 5) is 28.6. The Morgan fingerprint density at radius 1 is 1.35 bits per heavy atom. The van der Waals surface area contributed by atoms with Gasteiger partial charge in [-0.3, -0.25) is 14.7 Å². The zero-order valence-corrected chi connectivity index (χ0v) is 12.7. The molecule has 20 heavy (non-hydrogen) atoms. The Bertz CT molecular complexity index is 388. The van der Waals surface area contributed by atoms with Gasteiger partial charge in [-0.1, -0.05) is 0 Å². The maximum atomic E-state index is 11.9. The van der Waals surface area contributed by atoms with Crippen molar-refractivity contribution in [1.29, 1.82) is 0 Å². The van der Waals surface area contributed by atoms with Crippen LogP contribution in [-0.2, 0) is 9.53 Å². The van der Waals surface area contributed by atoms with Gasteiger partial charge in [0.1, 0.15) is 11.4 Å². The maximum absolute atomic E-state index is 11.9. The van der Waals surface area contributed by atoms with Gasteiger partial charge in [0.05, 0.1) is 13.1 Å². The fourth-order valence-corrected chi connectivity index (χ4v) is 1.65. The third-order valence-electron chi connectivity index (χ3n) is 2.49. The lowest BCUT2D eigenvalue weighted by atomic mass is 10.2. The molecule has 7 nitrogen and oxygen atoms in total. The average Bonchev–Trinajstić information content (AvgIpc) is 2.33. The van der Waals surface area contributed by atoms with Crippen LogP contribution in [0.25, 0.3) is 0 Å². The number of aliphatic imine (C=N–C) groups is 1. The number of amidine groups is 1. The fourth-order valence-electron chi connectivity index (χ4n) is 1.65. The highest BCUT2D eigenvalue weighted by atomic mass is 16.6. The molecule has 0 unspecified atom stereocenters. The van der Waals surface area contributed by atoms with Crippen molar-refractivity contribution >= 4 is 17.8 Å². The average molecular weight is 284 g/mol. The number of amides is 2. The zero-order valence-electron chi connectivity index (χ0n) is 12.7. The Morgan fingerprint density at radius 3 is 2.65 bits per heavy atom. The van der Waals surface area contributed by atoms with Gasteiger partial charge in [-0.2, -0.15) is 0 Å². The topological polar surface area (TPSA) is 83.0 Å². The predicted molar refractivity (Wildman–Crippen MR) is 76.8 cm³/mol. The van der Waals surface area contributed by atoms with Crippen molar-refractivity contribution in [2.24, 2.45) is 4.99 Å². The Balaban J connectivity index is 2.36. The van der Waals surface area contributed by atoms with Gasteiger partial charge in [0.2, 0.25) is 5.91 Å². The van der Waals surface area contributed by atoms with E-state index in [4.69, 9.17) is 4.74 Å². The van der Waals surface area contributed by atoms with Gasteiger partial charge in [-0.25, -0.2) is 4.79 Å². The summed E-state index contributed by atoms with van der Waals surface area (Å²) >= 11 is 0. The van der Waals surface area contributed by atoms with Crippen LogP contribution in [0.2, 0.25) is 0 Å². The molecule has 0 bridgehead atoms. The summed E-state index contributed by atoms with van der Waals surface area (Å²) in [5.74, 6) is 0.681. The molecule has 1 rings (SSSR count). The van der Waals surface area contributed by atoms with Gasteiger partial charge in [0.15, 0.2) is 0 Å². The summed E-state index contributed by atoms with van der Waals surface area (Å²) < 4.78 is 5.33. The second kappa shape index (κ2) is 7.12. The minimum Gasteiger partial charge on any atom is -0.444 e. The zero-order chi connectivity index (χ0) is 15.2. The first-order valence-electron chi connectivity index (χ1n) is 6.77. The number of rotatable bonds is 3. The highest BCUT2D eigenvalue weighted by Gasteiger charge is 2.24. The first-order valence-corrected chi connectivity index (χ1v) is 6.77. The SMILES string of the molecule is CC(=O)NCCNC1=NCCN(C(=O)OC(C)(C)C)C1. The van der Waals surface area contributed by atoms with E-state index in [2.05, 4.69) is 15.6 Å². The Morgan fingerprint density at radius 2 is 2.05 bits per heavy atom. The molecule has 0 fully saturated rings. The van der Waals surface area contributed by atoms with E-state index < -0.39 is 5.60 Å². The van der Waals surface area contributed by atoms with Crippen LogP contribution in [0.1, 0.15) is 27.7 Å². The van der Waals surface area contributed by atoms with E-state index in [0.29, 0.717) is 32.7 Å². The van der Waals surface area contributed by atoms with Crippen molar-refractivity contribution < 1.29 is 14.3 Å². The fraction of sp³-hybridized carbons (Fsp3) is 0.769. The summed E-state index contributed by atoms with van der Waals surface area (Å²) in [6.45, 7) is 9.65. The van der Waals surface area contributed by atoms with E-state index >= 15 is 0 Å². The van der Waals surface area contributed by atoms with Gasteiger partial charge in [0, 0.05) is 26.6 Å². The molecule has 114 valence electrons. The first-order chi connectivity index (χ1) is 9.28. The monoisotopic (exact) mass is 284 g/mol. The summed E-state index contributed by atoms with van der Waals surface area (Å²) in [5.41, 5.74) is -0.495. The number of ether oxygens (including phenoxy) is 1. The van der Waals surface area contributed by atoms with Crippen LogP contribution in [0.4, 0.5) is 4.79 Å². The predicted octanol–water partition coefficient (Wildman–Crippen LogP) is 0.361. The lowest BCUT2D eigenvalue weighted by Gasteiger charge is -2.29. The van der Waals surface area contributed by atoms with E-state index in [0.717, 1.165) is 5.84 Å². The molecule has 1 aliphatic rings. The van der Waals surface area contributed by atoms with Crippen molar-refractivity contribution in [1.82, 2.24) is 15.5 Å². The second-order valence-electron chi connectivity index (χ2n) is 5.64. The van der Waals surface area contributed by atoms with Gasteiger partial charge < -0.3 is 15.4 Å². The molecular formula is C13H24N4O3. The van der Waals surface area contributed by atoms with Crippen LogP contribution in [0, 0.1) is 0 Å². The lowest BCUT2D eigenvalue weighted by Crippen LogP contribution is -2.48. The van der Waals surface area contributed by atoms with Crippen LogP contribution < -0.4 is 10.6 Å². The Hall–Kier alpha value is -1.79. The molecule has 0 saturated carbocycles. The van der Waals surface area contributed by atoms with Gasteiger partial charge in [-0.05, 0) is 20.8 Å². The van der Waals surface area contributed by atoms with E-state index in [1.54, 1.807) is 4.90 Å². The Kier molecular flexibility index (Phi) is 5.79. The number of hydrogen-bond donors (Lipinski definition) is 2. The van der Waals surface area contributed by atoms with Crippen molar-refractivity contribution in [3.8, 4) is 0 Å². The second-order valence-corrected chi connectivity index (χ2v) is 5.64. The van der Waals surface area contributed by atoms with E-state index in [9.17, 15) is 9.59 Å². The molecule has 7 heteroatoms. The van der Waals surface area contributed by atoms with Gasteiger partial charge >= 0.3 is 6.09 Å². The molecule has 0 atom stereocenters. The standard InChI is InChI=1S/C13H24N4O3/c1-10(18)14-5-6-15-11-9-17(8-7-16-11)12(19)20-13(2,3)4/h5-9H2,1-4H3,(H,14,18)(H,15,16). The molecule has 0 spiro atoms. The number of nitrogens with zero attached hydrogens (tertiary/aromatic N) is 2. The molecule has 0 aromatic carbocycles. The summed E-state index contributed by atoms with van der Waals surface area (Å²) in [5, 5.41) is 5.80. The molecule has 0 radical (unpaired) electrons. The van der Waals surface area contributed by atoms with Crippen LogP contribution in [0.3, 0.4) is 0 Å². The molecule has 1 heterocycles. The molecular weight excluding hydrogens is 260 g/mol. The van der Waals surface area contributed by atoms with E-state index in [1.165, 1.54) is 6.92 Å². The third kappa shape index (κ3) is 6.40. The summed E-state index contributed by atoms with van der Waals surface area (Å²) in [6, 6.07) is 0. The molecule has 0 aromatic heterocycles. The normalized spacial score (nSPS) is 15.4. The summed E-state index contributed by atoms with van der Waals surface area (Å²) in [7, 11) is 0. The molecule has 0 saturated heterocycles. The summed E-state index contributed by atoms with van der Waals surface area (Å²) in [6.07, 6.45) is -0.325. The molecule has 2 N–H and O–H groups in total. The molecule has 0 aromatic rings. The van der Waals surface area contributed by atoms with Crippen molar-refractivity contribution in [2.45, 2.75) is 33.3 Å². The van der Waals surface area contributed by atoms with Crippen LogP contribution in [0.15, 0.2) is 4.99 Å². The highest BCUT2D eigenvalue weighted by molar-refractivity contribution is 5.87. The van der Waals surface area contributed by atoms with Crippen LogP contribution in [-0.4, -0.2) is 61.1 Å². The van der Waals surface area contributed by atoms with Crippen LogP contribution >= 0.6 is 0 Å². The van der Waals surface area contributed by atoms with E-state index in [-0.39, 0.29) is 12.0 Å². The minimum absolute atomic E-state index is 0.0623. The third-order valence-corrected chi connectivity index (χ3v) is 2.49. The molecule has 1 aliphatic heterocycles. The quantitative estimate of drug-likeness (QED) is 0.733. The number of nitrogens with one attached hydrogen (secondary N) is 2. The molecule has 0 aliphatic carbocycles. The minimum atomic E-state index is -0.495. The smallest absolute Gasteiger partial charge is 0.410 e. The number of hydrogen-bond acceptors (Lipinski definition) is 5. The Labute approximate surface area is 119 Å². The highest BCUT2D eigenvalue weighted by Crippen LogP contribution is 2.10. The number of carbonyl (C=O) groups is 2. The lowest BCUT2D eigenvalue weighted by molar-refractivity contribution is -0.118. The van der Waals surface area contributed by atoms with Crippen molar-refractivity contribution in [2.75, 3.05) is 32.7 Å². The van der Waals surface area contributed by atoms with Gasteiger partial charge in [0.25, 0.3) is 0 Å². The maximum Gasteiger partial charge on any atom is 0.410 e. The first kappa shape index (κ1) is 16.3. The van der Waals surface area contributed by atoms with Crippen LogP contribution in [0.5, 0.6) is 0 Å². The van der Waals surface area contributed by atoms with Crippen molar-refractivity contribution in [3.05, 3.63) is 0 Å². The number of carbonyl (C=O) groups excluding carboxylic acids is 2.